The summed E-state index contributed by atoms with van der Waals surface area (Å²) in [6, 6.07) is 8.70. The molecule has 22 nitrogen and oxygen atoms in total. The fraction of sp³-hybridized carbons (Fsp3) is 0.842. The van der Waals surface area contributed by atoms with Crippen molar-refractivity contribution in [2.75, 3.05) is 27.9 Å². The van der Waals surface area contributed by atoms with E-state index in [9.17, 15) is 45.0 Å². The number of carbonyl (C=O) groups excluding carboxylic acids is 3. The van der Waals surface area contributed by atoms with Crippen LogP contribution in [-0.4, -0.2) is 211 Å². The Hall–Kier alpha value is -2.85. The van der Waals surface area contributed by atoms with Crippen molar-refractivity contribution in [3.63, 3.8) is 0 Å². The fourth-order valence-corrected chi connectivity index (χ4v) is 15.7. The fourth-order valence-electron chi connectivity index (χ4n) is 15.7. The van der Waals surface area contributed by atoms with Crippen molar-refractivity contribution >= 4 is 17.7 Å². The summed E-state index contributed by atoms with van der Waals surface area (Å²) in [7, 11) is 4.52. The first-order valence-electron chi connectivity index (χ1n) is 28.3. The molecule has 4 saturated heterocycles. The van der Waals surface area contributed by atoms with E-state index in [1.165, 1.54) is 28.1 Å². The van der Waals surface area contributed by atoms with E-state index in [-0.39, 0.29) is 30.1 Å². The number of methoxy groups -OCH3 is 3. The number of benzene rings is 1. The van der Waals surface area contributed by atoms with E-state index in [0.29, 0.717) is 50.5 Å². The molecule has 0 aromatic heterocycles. The number of hydrogen-bond acceptors (Lipinski definition) is 22. The first-order valence-corrected chi connectivity index (χ1v) is 28.3. The van der Waals surface area contributed by atoms with Gasteiger partial charge >= 0.3 is 11.9 Å². The molecule has 0 spiro atoms. The Morgan fingerprint density at radius 1 is 0.633 bits per heavy atom. The van der Waals surface area contributed by atoms with Gasteiger partial charge in [-0.2, -0.15) is 0 Å². The number of fused-ring (bicyclic) bond motifs is 5. The SMILES string of the molecule is CO[C@H]1[C@@H](O)[C@H](O[C@@H]2[C@@H](C)O[C@@H](O[C@H]3[C@@H](OC)C[C@H](O[C@H]4CC[C@@]5(C)C(CC[C@@H]6[C@@H]5[C@H](OC(=O)c5ccccc5)[C@@H](OC(C)=O)[C@]5(C)[C@@H](C(C)=O)CC[C@]65O)C4)O[C@@H]3C)C[C@H]2OC)O[C@H](C)[C@H]1O[C@@H]1O[C@H](CO)[C@@H](O)[C@H](O)[C@H]1O. The zero-order valence-electron chi connectivity index (χ0n) is 47.1. The number of hydrogen-bond donors (Lipinski definition) is 6. The van der Waals surface area contributed by atoms with Crippen LogP contribution in [0.3, 0.4) is 0 Å². The first-order chi connectivity index (χ1) is 37.5. The summed E-state index contributed by atoms with van der Waals surface area (Å²) in [6.07, 6.45) is -15.6. The molecule has 9 rings (SSSR count). The van der Waals surface area contributed by atoms with Gasteiger partial charge in [-0.25, -0.2) is 4.79 Å². The number of ketones is 1. The highest BCUT2D eigenvalue weighted by Gasteiger charge is 2.76. The molecule has 6 N–H and O–H groups in total. The minimum Gasteiger partial charge on any atom is -0.458 e. The molecule has 8 aliphatic rings. The normalized spacial score (nSPS) is 48.9. The van der Waals surface area contributed by atoms with Gasteiger partial charge in [0.05, 0.1) is 54.4 Å². The smallest absolute Gasteiger partial charge is 0.338 e. The van der Waals surface area contributed by atoms with Gasteiger partial charge in [-0.1, -0.05) is 32.0 Å². The van der Waals surface area contributed by atoms with Gasteiger partial charge < -0.3 is 92.2 Å². The van der Waals surface area contributed by atoms with Gasteiger partial charge in [-0.3, -0.25) is 9.59 Å². The molecule has 4 aliphatic carbocycles. The van der Waals surface area contributed by atoms with Crippen LogP contribution in [0.2, 0.25) is 0 Å². The van der Waals surface area contributed by atoms with Gasteiger partial charge in [0.25, 0.3) is 0 Å². The van der Waals surface area contributed by atoms with Crippen molar-refractivity contribution in [2.45, 2.75) is 241 Å². The third kappa shape index (κ3) is 11.2. The average molecular weight is 1120 g/mol. The van der Waals surface area contributed by atoms with E-state index in [1.807, 2.05) is 19.9 Å². The molecule has 8 fully saturated rings. The monoisotopic (exact) mass is 1120 g/mol. The van der Waals surface area contributed by atoms with Crippen molar-refractivity contribution < 1.29 is 107 Å². The second-order valence-electron chi connectivity index (χ2n) is 24.1. The number of ether oxygens (including phenoxy) is 13. The summed E-state index contributed by atoms with van der Waals surface area (Å²) in [6.45, 7) is 11.6. The summed E-state index contributed by atoms with van der Waals surface area (Å²) in [5.41, 5.74) is -2.69. The van der Waals surface area contributed by atoms with Gasteiger partial charge in [-0.05, 0) is 102 Å². The molecule has 1 aromatic rings. The van der Waals surface area contributed by atoms with E-state index in [1.54, 1.807) is 45.2 Å². The highest BCUT2D eigenvalue weighted by atomic mass is 16.8. The van der Waals surface area contributed by atoms with Crippen LogP contribution in [0.15, 0.2) is 30.3 Å². The first kappa shape index (κ1) is 60.7. The summed E-state index contributed by atoms with van der Waals surface area (Å²) in [4.78, 5) is 40.6. The number of aliphatic hydroxyl groups is 6. The van der Waals surface area contributed by atoms with Crippen molar-refractivity contribution in [3.8, 4) is 0 Å². The summed E-state index contributed by atoms with van der Waals surface area (Å²) in [5, 5.41) is 65.6. The second kappa shape index (κ2) is 24.4. The standard InChI is InChI=1S/C57H86O22/c1-26(59)34-19-21-57(66)35-17-16-32-22-33(18-20-55(32,6)41(35)49(51(56(34,57)7)73-30(5)60)77-52(65)31-14-12-11-13-15-31)74-39-23-36(67-8)46(27(2)70-39)76-40-24-37(68-9)47(28(3)71-40)78-54-45(64)50(69-10)48(29(4)72-54)79-53-44(63)43(62)42(61)38(25-58)75-53/h11-15,27-29,32-51,53-54,58,61-64,66H,16-25H2,1-10H3/t27-,28-,29-,32?,33+,34-,35-,36+,37-,38-,39+,40+,41-,42-,43+,44-,45-,46-,47-,48-,49+,50+,51-,53+,54+,55+,56+,57+/m1/s1. The van der Waals surface area contributed by atoms with Crippen LogP contribution in [0.4, 0.5) is 0 Å². The highest BCUT2D eigenvalue weighted by molar-refractivity contribution is 5.89. The predicted molar refractivity (Wildman–Crippen MR) is 273 cm³/mol. The lowest BCUT2D eigenvalue weighted by Crippen LogP contribution is -2.73. The highest BCUT2D eigenvalue weighted by Crippen LogP contribution is 2.70. The van der Waals surface area contributed by atoms with Gasteiger partial charge in [0, 0.05) is 58.3 Å². The van der Waals surface area contributed by atoms with E-state index in [0.717, 1.165) is 6.42 Å². The van der Waals surface area contributed by atoms with Gasteiger partial charge in [0.15, 0.2) is 25.2 Å². The molecule has 4 saturated carbocycles. The lowest BCUT2D eigenvalue weighted by molar-refractivity contribution is -0.373. The number of carbonyl (C=O) groups is 3. The Balaban J connectivity index is 0.829. The Labute approximate surface area is 462 Å². The van der Waals surface area contributed by atoms with Crippen molar-refractivity contribution in [1.82, 2.24) is 0 Å². The van der Waals surface area contributed by atoms with Gasteiger partial charge in [-0.15, -0.1) is 0 Å². The molecule has 0 bridgehead atoms. The molecule has 1 aromatic carbocycles. The van der Waals surface area contributed by atoms with Crippen molar-refractivity contribution in [1.29, 1.82) is 0 Å². The second-order valence-corrected chi connectivity index (χ2v) is 24.1. The molecule has 0 amide bonds. The maximum absolute atomic E-state index is 14.1. The number of esters is 2. The Kier molecular flexibility index (Phi) is 18.8. The Morgan fingerprint density at radius 3 is 1.85 bits per heavy atom. The molecule has 79 heavy (non-hydrogen) atoms. The molecule has 28 atom stereocenters. The number of Topliss-reactive ketones (excluding diaryl/α,β-unsaturated/α-hetero) is 1. The van der Waals surface area contributed by atoms with Crippen molar-refractivity contribution in [3.05, 3.63) is 35.9 Å². The lowest BCUT2D eigenvalue weighted by Gasteiger charge is -2.66. The molecule has 4 heterocycles. The van der Waals surface area contributed by atoms with E-state index in [4.69, 9.17) is 61.6 Å². The molecule has 446 valence electrons. The average Bonchev–Trinajstić information content (AvgIpc) is 2.90. The topological polar surface area (TPSA) is 293 Å². The molecule has 0 radical (unpaired) electrons. The van der Waals surface area contributed by atoms with Gasteiger partial charge in [0.1, 0.15) is 72.9 Å². The minimum atomic E-state index is -1.68. The largest absolute Gasteiger partial charge is 0.458 e. The van der Waals surface area contributed by atoms with Crippen LogP contribution in [0.1, 0.15) is 117 Å². The van der Waals surface area contributed by atoms with Crippen LogP contribution in [-0.2, 0) is 71.2 Å². The number of rotatable bonds is 16. The number of aliphatic hydroxyl groups excluding tert-OH is 5. The Bertz CT molecular complexity index is 2240. The summed E-state index contributed by atoms with van der Waals surface area (Å²) < 4.78 is 81.1. The lowest BCUT2D eigenvalue weighted by atomic mass is 9.41. The van der Waals surface area contributed by atoms with Crippen LogP contribution in [0.5, 0.6) is 0 Å². The van der Waals surface area contributed by atoms with Crippen LogP contribution in [0, 0.1) is 34.5 Å². The zero-order valence-corrected chi connectivity index (χ0v) is 47.1. The van der Waals surface area contributed by atoms with Crippen LogP contribution in [0.25, 0.3) is 0 Å². The van der Waals surface area contributed by atoms with Gasteiger partial charge in [0.2, 0.25) is 0 Å². The third-order valence-corrected chi connectivity index (χ3v) is 19.8. The van der Waals surface area contributed by atoms with E-state index in [2.05, 4.69) is 6.92 Å². The van der Waals surface area contributed by atoms with E-state index < -0.39 is 170 Å². The summed E-state index contributed by atoms with van der Waals surface area (Å²) in [5.74, 6) is -2.49. The maximum atomic E-state index is 14.1. The third-order valence-electron chi connectivity index (χ3n) is 19.8. The zero-order chi connectivity index (χ0) is 57.0. The van der Waals surface area contributed by atoms with Crippen LogP contribution < -0.4 is 0 Å². The molecule has 1 unspecified atom stereocenters. The molecule has 22 heteroatoms. The van der Waals surface area contributed by atoms with Crippen molar-refractivity contribution in [2.24, 2.45) is 34.5 Å². The van der Waals surface area contributed by atoms with E-state index >= 15 is 0 Å². The molecular formula is C57H86O22. The maximum Gasteiger partial charge on any atom is 0.338 e. The molecule has 4 aliphatic heterocycles. The Morgan fingerprint density at radius 2 is 1.24 bits per heavy atom. The minimum absolute atomic E-state index is 0.0809. The molecular weight excluding hydrogens is 1040 g/mol. The predicted octanol–water partition coefficient (Wildman–Crippen LogP) is 2.49. The quantitative estimate of drug-likeness (QED) is 0.102. The van der Waals surface area contributed by atoms with Crippen LogP contribution >= 0.6 is 0 Å². The summed E-state index contributed by atoms with van der Waals surface area (Å²) >= 11 is 0.